The molecule has 1 rings (SSSR count). The summed E-state index contributed by atoms with van der Waals surface area (Å²) in [6, 6.07) is 0.0290. The maximum atomic E-state index is 12.1. The molecule has 0 bridgehead atoms. The number of unbranched alkanes of at least 4 members (excludes halogenated alkanes) is 1. The summed E-state index contributed by atoms with van der Waals surface area (Å²) in [5.74, 6) is 5.83. The summed E-state index contributed by atoms with van der Waals surface area (Å²) in [4.78, 5) is 24.9. The number of hydrogen-bond acceptors (Lipinski definition) is 4. The Balaban J connectivity index is 2.45. The zero-order valence-electron chi connectivity index (χ0n) is 16.1. The summed E-state index contributed by atoms with van der Waals surface area (Å²) in [5.41, 5.74) is 0. The first-order valence-corrected chi connectivity index (χ1v) is 9.26. The normalized spacial score (nSPS) is 19.6. The van der Waals surface area contributed by atoms with E-state index in [0.717, 1.165) is 19.3 Å². The Morgan fingerprint density at radius 2 is 2.23 bits per heavy atom. The van der Waals surface area contributed by atoms with Gasteiger partial charge in [0.15, 0.2) is 0 Å². The Bertz CT molecular complexity index is 570. The van der Waals surface area contributed by atoms with E-state index in [2.05, 4.69) is 16.6 Å². The first-order valence-electron chi connectivity index (χ1n) is 9.26. The van der Waals surface area contributed by atoms with Crippen LogP contribution < -0.4 is 0 Å². The average molecular weight is 361 g/mol. The Kier molecular flexibility index (Phi) is 10.4. The van der Waals surface area contributed by atoms with E-state index in [1.807, 2.05) is 30.1 Å². The number of esters is 1. The number of nitrogens with zero attached hydrogens (tertiary/aromatic N) is 1. The van der Waals surface area contributed by atoms with Crippen LogP contribution in [0.5, 0.6) is 0 Å². The molecule has 1 fully saturated rings. The lowest BCUT2D eigenvalue weighted by Crippen LogP contribution is -2.32. The van der Waals surface area contributed by atoms with E-state index in [0.29, 0.717) is 25.8 Å². The highest BCUT2D eigenvalue weighted by Crippen LogP contribution is 2.20. The lowest BCUT2D eigenvalue weighted by Gasteiger charge is -2.21. The molecule has 0 saturated carbocycles. The standard InChI is InChI=1S/C21H31NO4/c1-4-5-10-17(2)19(23)14-12-18-13-15-20(24)22(18)16-9-7-6-8-11-21(25)26-3/h7,9,12,14,17-19,23H,6,8,10-11,13,15-16H2,1-3H3/b9-7-,14-12+/t17-,18?,19+/m0/s1. The molecule has 0 aliphatic carbocycles. The van der Waals surface area contributed by atoms with Gasteiger partial charge in [0.05, 0.1) is 19.3 Å². The van der Waals surface area contributed by atoms with Gasteiger partial charge < -0.3 is 14.7 Å². The molecule has 0 aromatic rings. The van der Waals surface area contributed by atoms with Crippen molar-refractivity contribution < 1.29 is 19.4 Å². The van der Waals surface area contributed by atoms with E-state index in [9.17, 15) is 14.7 Å². The van der Waals surface area contributed by atoms with E-state index < -0.39 is 6.10 Å². The van der Waals surface area contributed by atoms with E-state index >= 15 is 0 Å². The number of hydrogen-bond donors (Lipinski definition) is 1. The summed E-state index contributed by atoms with van der Waals surface area (Å²) in [5, 5.41) is 10.2. The minimum atomic E-state index is -0.553. The third-order valence-corrected chi connectivity index (χ3v) is 4.54. The fraction of sp³-hybridized carbons (Fsp3) is 0.619. The second-order valence-corrected chi connectivity index (χ2v) is 6.58. The Hall–Kier alpha value is -2.06. The number of amides is 1. The number of carbonyl (C=O) groups is 2. The SMILES string of the molecule is CC#CC[C@H](C)[C@H](O)/C=C/C1CCC(=O)N1C/C=C\CCCC(=O)OC. The zero-order valence-corrected chi connectivity index (χ0v) is 16.1. The van der Waals surface area contributed by atoms with Gasteiger partial charge in [-0.05, 0) is 32.1 Å². The van der Waals surface area contributed by atoms with Crippen molar-refractivity contribution in [1.29, 1.82) is 0 Å². The lowest BCUT2D eigenvalue weighted by atomic mass is 10.00. The number of likely N-dealkylation sites (tertiary alicyclic amines) is 1. The Morgan fingerprint density at radius 1 is 1.46 bits per heavy atom. The fourth-order valence-corrected chi connectivity index (χ4v) is 2.78. The molecule has 1 saturated heterocycles. The van der Waals surface area contributed by atoms with Gasteiger partial charge in [0.2, 0.25) is 5.91 Å². The molecule has 26 heavy (non-hydrogen) atoms. The molecule has 0 radical (unpaired) electrons. The van der Waals surface area contributed by atoms with Gasteiger partial charge in [-0.2, -0.15) is 0 Å². The van der Waals surface area contributed by atoms with Crippen LogP contribution in [0.4, 0.5) is 0 Å². The lowest BCUT2D eigenvalue weighted by molar-refractivity contribution is -0.140. The highest BCUT2D eigenvalue weighted by Gasteiger charge is 2.28. The topological polar surface area (TPSA) is 66.8 Å². The highest BCUT2D eigenvalue weighted by atomic mass is 16.5. The van der Waals surface area contributed by atoms with Crippen molar-refractivity contribution >= 4 is 11.9 Å². The summed E-state index contributed by atoms with van der Waals surface area (Å²) in [7, 11) is 1.39. The van der Waals surface area contributed by atoms with Gasteiger partial charge >= 0.3 is 5.97 Å². The van der Waals surface area contributed by atoms with Gasteiger partial charge in [0, 0.05) is 25.8 Å². The molecule has 0 spiro atoms. The third-order valence-electron chi connectivity index (χ3n) is 4.54. The van der Waals surface area contributed by atoms with E-state index in [1.165, 1.54) is 7.11 Å². The maximum absolute atomic E-state index is 12.1. The minimum absolute atomic E-state index is 0.0290. The molecule has 1 unspecified atom stereocenters. The van der Waals surface area contributed by atoms with Crippen LogP contribution in [-0.2, 0) is 14.3 Å². The molecule has 1 amide bonds. The van der Waals surface area contributed by atoms with Crippen molar-refractivity contribution in [3.63, 3.8) is 0 Å². The van der Waals surface area contributed by atoms with Crippen LogP contribution >= 0.6 is 0 Å². The second-order valence-electron chi connectivity index (χ2n) is 6.58. The molecule has 0 aromatic carbocycles. The molecule has 0 aromatic heterocycles. The molecule has 1 N–H and O–H groups in total. The first kappa shape index (κ1) is 22.0. The summed E-state index contributed by atoms with van der Waals surface area (Å²) < 4.78 is 4.60. The third kappa shape index (κ3) is 7.88. The molecular weight excluding hydrogens is 330 g/mol. The van der Waals surface area contributed by atoms with Gasteiger partial charge in [-0.1, -0.05) is 31.2 Å². The number of ether oxygens (including phenoxy) is 1. The van der Waals surface area contributed by atoms with Crippen molar-refractivity contribution in [3.8, 4) is 11.8 Å². The number of allylic oxidation sites excluding steroid dienone is 1. The number of methoxy groups -OCH3 is 1. The number of carbonyl (C=O) groups excluding carboxylic acids is 2. The summed E-state index contributed by atoms with van der Waals surface area (Å²) in [6.45, 7) is 4.31. The Morgan fingerprint density at radius 3 is 2.92 bits per heavy atom. The van der Waals surface area contributed by atoms with Crippen molar-refractivity contribution in [3.05, 3.63) is 24.3 Å². The molecule has 5 nitrogen and oxygen atoms in total. The van der Waals surface area contributed by atoms with Crippen LogP contribution in [0.25, 0.3) is 0 Å². The van der Waals surface area contributed by atoms with E-state index in [4.69, 9.17) is 0 Å². The van der Waals surface area contributed by atoms with Gasteiger partial charge in [-0.15, -0.1) is 11.8 Å². The van der Waals surface area contributed by atoms with Crippen LogP contribution in [0.15, 0.2) is 24.3 Å². The van der Waals surface area contributed by atoms with Crippen LogP contribution in [-0.4, -0.2) is 47.7 Å². The van der Waals surface area contributed by atoms with Crippen LogP contribution in [0.2, 0.25) is 0 Å². The molecule has 1 aliphatic rings. The van der Waals surface area contributed by atoms with Crippen molar-refractivity contribution in [2.45, 2.75) is 64.5 Å². The van der Waals surface area contributed by atoms with Crippen LogP contribution in [0.1, 0.15) is 52.4 Å². The monoisotopic (exact) mass is 361 g/mol. The second kappa shape index (κ2) is 12.3. The van der Waals surface area contributed by atoms with Gasteiger partial charge in [-0.25, -0.2) is 0 Å². The fourth-order valence-electron chi connectivity index (χ4n) is 2.78. The van der Waals surface area contributed by atoms with Crippen LogP contribution in [0, 0.1) is 17.8 Å². The molecule has 144 valence electrons. The number of aliphatic hydroxyl groups is 1. The van der Waals surface area contributed by atoms with Crippen molar-refractivity contribution in [1.82, 2.24) is 4.90 Å². The largest absolute Gasteiger partial charge is 0.469 e. The molecule has 1 aliphatic heterocycles. The predicted octanol–water partition coefficient (Wildman–Crippen LogP) is 2.84. The summed E-state index contributed by atoms with van der Waals surface area (Å²) in [6.07, 6.45) is 11.1. The van der Waals surface area contributed by atoms with E-state index in [-0.39, 0.29) is 23.8 Å². The van der Waals surface area contributed by atoms with E-state index in [1.54, 1.807) is 13.0 Å². The van der Waals surface area contributed by atoms with Crippen LogP contribution in [0.3, 0.4) is 0 Å². The summed E-state index contributed by atoms with van der Waals surface area (Å²) >= 11 is 0. The van der Waals surface area contributed by atoms with Gasteiger partial charge in [0.1, 0.15) is 0 Å². The first-order chi connectivity index (χ1) is 12.5. The molecule has 1 heterocycles. The zero-order chi connectivity index (χ0) is 19.4. The van der Waals surface area contributed by atoms with Gasteiger partial charge in [0.25, 0.3) is 0 Å². The Labute approximate surface area is 157 Å². The maximum Gasteiger partial charge on any atom is 0.305 e. The number of rotatable bonds is 10. The smallest absolute Gasteiger partial charge is 0.305 e. The quantitative estimate of drug-likeness (QED) is 0.281. The highest BCUT2D eigenvalue weighted by molar-refractivity contribution is 5.79. The van der Waals surface area contributed by atoms with Crippen molar-refractivity contribution in [2.75, 3.05) is 13.7 Å². The average Bonchev–Trinajstić information content (AvgIpc) is 2.99. The minimum Gasteiger partial charge on any atom is -0.469 e. The molecular formula is C21H31NO4. The predicted molar refractivity (Wildman–Crippen MR) is 102 cm³/mol. The molecule has 3 atom stereocenters. The number of aliphatic hydroxyl groups excluding tert-OH is 1. The van der Waals surface area contributed by atoms with Crippen molar-refractivity contribution in [2.24, 2.45) is 5.92 Å². The van der Waals surface area contributed by atoms with Gasteiger partial charge in [-0.3, -0.25) is 9.59 Å². The molecule has 5 heteroatoms.